The maximum atomic E-state index is 11.7. The molecule has 19 heteroatoms. The predicted octanol–water partition coefficient (Wildman–Crippen LogP) is 4.58. The van der Waals surface area contributed by atoms with Crippen molar-refractivity contribution in [3.8, 4) is 5.75 Å². The fraction of sp³-hybridized carbons (Fsp3) is 0.0588. The third-order valence-electron chi connectivity index (χ3n) is 7.83. The molecule has 0 bridgehead atoms. The number of nitrogen functional groups attached to an aromatic ring is 3. The summed E-state index contributed by atoms with van der Waals surface area (Å²) < 4.78 is 62.7. The average molecular weight is 762 g/mol. The highest BCUT2D eigenvalue weighted by atomic mass is 32.2. The van der Waals surface area contributed by atoms with Crippen LogP contribution < -0.4 is 43.9 Å². The highest BCUT2D eigenvalue weighted by Gasteiger charge is 2.24. The minimum Gasteiger partial charge on any atom is -0.505 e. The Morgan fingerprint density at radius 3 is 2.23 bits per heavy atom. The van der Waals surface area contributed by atoms with Gasteiger partial charge in [0.15, 0.2) is 0 Å². The third-order valence-corrected chi connectivity index (χ3v) is 9.63. The molecule has 5 aromatic carbocycles. The van der Waals surface area contributed by atoms with Gasteiger partial charge in [0.25, 0.3) is 20.2 Å². The van der Waals surface area contributed by atoms with Crippen LogP contribution in [0, 0.1) is 0 Å². The van der Waals surface area contributed by atoms with Gasteiger partial charge in [0, 0.05) is 40.5 Å². The lowest BCUT2D eigenvalue weighted by atomic mass is 10.1. The molecular formula is C34H35N9O8S2. The number of carbonyl (C=O) groups excluding carboxylic acids is 1. The highest BCUT2D eigenvalue weighted by Crippen LogP contribution is 2.40. The summed E-state index contributed by atoms with van der Waals surface area (Å²) in [6, 6.07) is 18.6. The molecule has 1 heterocycles. The number of benzene rings is 5. The number of nitrogens with zero attached hydrogens (tertiary/aromatic N) is 2. The van der Waals surface area contributed by atoms with Crippen molar-refractivity contribution in [2.75, 3.05) is 38.4 Å². The van der Waals surface area contributed by atoms with Gasteiger partial charge in [0.1, 0.15) is 15.5 Å². The molecular weight excluding hydrogens is 727 g/mol. The van der Waals surface area contributed by atoms with Crippen LogP contribution in [0.1, 0.15) is 12.5 Å². The number of hydrazone groups is 1. The zero-order valence-corrected chi connectivity index (χ0v) is 29.5. The van der Waals surface area contributed by atoms with Crippen molar-refractivity contribution < 1.29 is 35.8 Å². The second kappa shape index (κ2) is 15.0. The number of nitrogens with one attached hydrogen (secondary N) is 4. The zero-order chi connectivity index (χ0) is 38.7. The van der Waals surface area contributed by atoms with Crippen molar-refractivity contribution in [3.05, 3.63) is 97.1 Å². The van der Waals surface area contributed by atoms with E-state index in [0.29, 0.717) is 17.9 Å². The molecule has 1 aliphatic heterocycles. The van der Waals surface area contributed by atoms with Crippen LogP contribution in [0.3, 0.4) is 0 Å². The van der Waals surface area contributed by atoms with Crippen LogP contribution in [-0.2, 0) is 31.6 Å². The lowest BCUT2D eigenvalue weighted by Gasteiger charge is -2.21. The summed E-state index contributed by atoms with van der Waals surface area (Å²) in [7, 11) is -9.38. The average Bonchev–Trinajstić information content (AvgIpc) is 3.49. The van der Waals surface area contributed by atoms with Crippen LogP contribution >= 0.6 is 0 Å². The molecule has 0 saturated heterocycles. The largest absolute Gasteiger partial charge is 0.505 e. The van der Waals surface area contributed by atoms with Crippen molar-refractivity contribution in [2.24, 2.45) is 5.10 Å². The Bertz CT molecular complexity index is 2550. The van der Waals surface area contributed by atoms with E-state index in [1.807, 2.05) is 42.5 Å². The number of hydrazine groups is 2. The molecule has 1 aliphatic rings. The van der Waals surface area contributed by atoms with Crippen molar-refractivity contribution in [1.29, 1.82) is 0 Å². The molecule has 0 aromatic heterocycles. The van der Waals surface area contributed by atoms with Gasteiger partial charge < -0.3 is 27.6 Å². The normalized spacial score (nSPS) is 12.7. The number of phenolic OH excluding ortho intramolecular Hbond substituents is 1. The van der Waals surface area contributed by atoms with E-state index in [9.17, 15) is 26.7 Å². The van der Waals surface area contributed by atoms with E-state index >= 15 is 0 Å². The van der Waals surface area contributed by atoms with E-state index in [-0.39, 0.29) is 22.4 Å². The Morgan fingerprint density at radius 1 is 0.887 bits per heavy atom. The summed E-state index contributed by atoms with van der Waals surface area (Å²) in [6.07, 6.45) is 6.77. The molecule has 0 atom stereocenters. The lowest BCUT2D eigenvalue weighted by molar-refractivity contribution is -0.114. The fourth-order valence-electron chi connectivity index (χ4n) is 5.47. The van der Waals surface area contributed by atoms with E-state index in [4.69, 9.17) is 26.3 Å². The van der Waals surface area contributed by atoms with Crippen molar-refractivity contribution in [1.82, 2.24) is 5.53 Å². The predicted molar refractivity (Wildman–Crippen MR) is 208 cm³/mol. The molecule has 0 radical (unpaired) electrons. The van der Waals surface area contributed by atoms with Crippen molar-refractivity contribution in [3.63, 3.8) is 0 Å². The van der Waals surface area contributed by atoms with E-state index in [2.05, 4.69) is 44.5 Å². The summed E-state index contributed by atoms with van der Waals surface area (Å²) in [5.74, 6) is -0.849. The number of fused-ring (bicyclic) bond motifs is 3. The van der Waals surface area contributed by atoms with E-state index < -0.39 is 41.5 Å². The number of phenols is 1. The SMILES string of the molecule is C=C/C=C\C=N/NNc1cc2c(cc1NC(C)=O)NN(c1ccc(N)c3ccccc13)C2.Nc1cc2c(O)c(N)c(S(=O)(=O)O)cc2cc1S(=O)(=O)O. The summed E-state index contributed by atoms with van der Waals surface area (Å²) >= 11 is 0. The second-order valence-electron chi connectivity index (χ2n) is 11.5. The van der Waals surface area contributed by atoms with Crippen molar-refractivity contribution >= 4 is 93.7 Å². The van der Waals surface area contributed by atoms with Crippen LogP contribution in [0.25, 0.3) is 21.5 Å². The number of anilines is 7. The van der Waals surface area contributed by atoms with Gasteiger partial charge in [-0.25, -0.2) is 5.53 Å². The van der Waals surface area contributed by atoms with Gasteiger partial charge in [0.2, 0.25) is 5.91 Å². The number of hydrogen-bond donors (Lipinski definition) is 10. The van der Waals surface area contributed by atoms with Gasteiger partial charge in [-0.1, -0.05) is 43.0 Å². The molecule has 0 unspecified atom stereocenters. The second-order valence-corrected chi connectivity index (χ2v) is 14.3. The van der Waals surface area contributed by atoms with Crippen LogP contribution in [0.2, 0.25) is 0 Å². The molecule has 276 valence electrons. The first-order valence-electron chi connectivity index (χ1n) is 15.4. The lowest BCUT2D eigenvalue weighted by Crippen LogP contribution is -2.22. The maximum absolute atomic E-state index is 11.7. The first-order chi connectivity index (χ1) is 25.0. The van der Waals surface area contributed by atoms with E-state index in [1.54, 1.807) is 24.4 Å². The summed E-state index contributed by atoms with van der Waals surface area (Å²) in [5, 5.41) is 20.8. The summed E-state index contributed by atoms with van der Waals surface area (Å²) in [6.45, 7) is 5.72. The van der Waals surface area contributed by atoms with Gasteiger partial charge in [-0.3, -0.25) is 29.8 Å². The monoisotopic (exact) mass is 761 g/mol. The Labute approximate surface area is 303 Å². The van der Waals surface area contributed by atoms with Gasteiger partial charge in [-0.15, -0.1) is 0 Å². The Kier molecular flexibility index (Phi) is 10.7. The number of aromatic hydroxyl groups is 1. The fourth-order valence-corrected chi connectivity index (χ4v) is 6.76. The van der Waals surface area contributed by atoms with Crippen LogP contribution in [0.5, 0.6) is 5.75 Å². The molecule has 0 fully saturated rings. The quantitative estimate of drug-likeness (QED) is 0.0246. The third kappa shape index (κ3) is 8.34. The Morgan fingerprint density at radius 2 is 1.57 bits per heavy atom. The van der Waals surface area contributed by atoms with Gasteiger partial charge in [0.05, 0.1) is 40.7 Å². The van der Waals surface area contributed by atoms with Crippen LogP contribution in [-0.4, -0.2) is 43.2 Å². The molecule has 13 N–H and O–H groups in total. The standard InChI is InChI=1S/C24H25N7O.C10H10N2O7S2/c1-3-4-7-12-26-30-28-23-13-17-15-31(29-21(17)14-22(23)27-16(2)32)24-11-10-20(25)18-8-5-6-9-19(18)24;11-6-3-5-4(1-7(6)20(14,15)16)2-8(21(17,18)19)9(12)10(5)13/h3-14,28-30H,1,15,25H2,2H3,(H,27,32);1-3,13H,11-12H2,(H,14,15,16)(H,17,18,19)/b7-4-,26-12-;. The molecule has 0 saturated carbocycles. The number of rotatable bonds is 9. The number of allylic oxidation sites excluding steroid dienone is 3. The van der Waals surface area contributed by atoms with Gasteiger partial charge >= 0.3 is 0 Å². The van der Waals surface area contributed by atoms with E-state index in [1.165, 1.54) is 6.92 Å². The van der Waals surface area contributed by atoms with Crippen LogP contribution in [0.4, 0.5) is 39.8 Å². The minimum absolute atomic E-state index is 0.0372. The molecule has 17 nitrogen and oxygen atoms in total. The van der Waals surface area contributed by atoms with Gasteiger partial charge in [-0.2, -0.15) is 21.9 Å². The molecule has 0 aliphatic carbocycles. The number of nitrogens with two attached hydrogens (primary N) is 3. The minimum atomic E-state index is -4.73. The number of hydrogen-bond acceptors (Lipinski definition) is 14. The molecule has 6 rings (SSSR count). The zero-order valence-electron chi connectivity index (χ0n) is 27.9. The molecule has 5 aromatic rings. The first-order valence-corrected chi connectivity index (χ1v) is 18.2. The van der Waals surface area contributed by atoms with Crippen molar-refractivity contribution in [2.45, 2.75) is 23.3 Å². The first kappa shape index (κ1) is 37.7. The highest BCUT2D eigenvalue weighted by molar-refractivity contribution is 7.86. The number of amides is 1. The Balaban J connectivity index is 0.000000224. The molecule has 1 amide bonds. The molecule has 53 heavy (non-hydrogen) atoms. The Hall–Kier alpha value is -6.54. The number of carbonyl (C=O) groups is 1. The summed E-state index contributed by atoms with van der Waals surface area (Å²) in [4.78, 5) is 10.3. The topological polar surface area (TPSA) is 288 Å². The maximum Gasteiger partial charge on any atom is 0.296 e. The molecule has 0 spiro atoms. The van der Waals surface area contributed by atoms with Gasteiger partial charge in [-0.05, 0) is 53.9 Å². The van der Waals surface area contributed by atoms with Crippen LogP contribution in [0.15, 0.2) is 106 Å². The van der Waals surface area contributed by atoms with E-state index in [0.717, 1.165) is 51.6 Å². The summed E-state index contributed by atoms with van der Waals surface area (Å²) in [5.41, 5.74) is 30.4. The smallest absolute Gasteiger partial charge is 0.296 e.